The zero-order chi connectivity index (χ0) is 21.8. The van der Waals surface area contributed by atoms with Crippen LogP contribution in [0.2, 0.25) is 0 Å². The van der Waals surface area contributed by atoms with Crippen LogP contribution >= 0.6 is 0 Å². The lowest BCUT2D eigenvalue weighted by Crippen LogP contribution is -2.42. The van der Waals surface area contributed by atoms with Gasteiger partial charge in [0.05, 0.1) is 17.7 Å². The number of ether oxygens (including phenoxy) is 1. The Labute approximate surface area is 167 Å². The number of carbonyl (C=O) groups excluding carboxylic acids is 3. The van der Waals surface area contributed by atoms with E-state index in [9.17, 15) is 29.7 Å². The van der Waals surface area contributed by atoms with E-state index in [1.54, 1.807) is 13.8 Å². The van der Waals surface area contributed by atoms with Gasteiger partial charge in [-0.15, -0.1) is 0 Å². The Morgan fingerprint density at radius 1 is 1.24 bits per heavy atom. The highest BCUT2D eigenvalue weighted by Gasteiger charge is 2.56. The number of hydrogen-bond donors (Lipinski definition) is 4. The maximum Gasteiger partial charge on any atom is 0.194 e. The molecule has 1 aromatic rings. The molecule has 1 unspecified atom stereocenters. The molecule has 0 aromatic heterocycles. The summed E-state index contributed by atoms with van der Waals surface area (Å²) in [6.07, 6.45) is 1.15. The molecule has 0 bridgehead atoms. The second kappa shape index (κ2) is 6.73. The SMILES string of the molecule is CC(=O)c1c(O)c(C)c(O)c2c1OC1=CC(=O)/C(=C(/C)NC(C)CO)C(=O)[C@@]12C. The number of fused-ring (bicyclic) bond motifs is 3. The third kappa shape index (κ3) is 2.74. The minimum absolute atomic E-state index is 0.0166. The second-order valence-electron chi connectivity index (χ2n) is 7.61. The average molecular weight is 401 g/mol. The van der Waals surface area contributed by atoms with Crippen molar-refractivity contribution in [2.75, 3.05) is 6.61 Å². The first-order valence-corrected chi connectivity index (χ1v) is 9.14. The van der Waals surface area contributed by atoms with Crippen molar-refractivity contribution in [3.8, 4) is 17.2 Å². The largest absolute Gasteiger partial charge is 0.507 e. The monoisotopic (exact) mass is 401 g/mol. The van der Waals surface area contributed by atoms with E-state index >= 15 is 0 Å². The van der Waals surface area contributed by atoms with Gasteiger partial charge in [0.15, 0.2) is 17.3 Å². The van der Waals surface area contributed by atoms with Crippen molar-refractivity contribution in [1.82, 2.24) is 5.32 Å². The molecule has 0 fully saturated rings. The molecule has 0 amide bonds. The van der Waals surface area contributed by atoms with Crippen molar-refractivity contribution in [2.45, 2.75) is 46.1 Å². The van der Waals surface area contributed by atoms with E-state index in [-0.39, 0.29) is 57.9 Å². The fourth-order valence-corrected chi connectivity index (χ4v) is 3.85. The van der Waals surface area contributed by atoms with Crippen molar-refractivity contribution < 1.29 is 34.4 Å². The van der Waals surface area contributed by atoms with E-state index in [2.05, 4.69) is 5.32 Å². The van der Waals surface area contributed by atoms with E-state index in [4.69, 9.17) is 4.74 Å². The predicted molar refractivity (Wildman–Crippen MR) is 103 cm³/mol. The molecule has 4 N–H and O–H groups in total. The molecule has 2 aliphatic rings. The third-order valence-corrected chi connectivity index (χ3v) is 5.50. The molecule has 3 rings (SSSR count). The number of aliphatic hydroxyl groups excluding tert-OH is 1. The first-order valence-electron chi connectivity index (χ1n) is 9.14. The fraction of sp³-hybridized carbons (Fsp3) is 0.381. The number of carbonyl (C=O) groups is 3. The third-order valence-electron chi connectivity index (χ3n) is 5.50. The quantitative estimate of drug-likeness (QED) is 0.339. The summed E-state index contributed by atoms with van der Waals surface area (Å²) in [5, 5.41) is 33.2. The molecule has 29 heavy (non-hydrogen) atoms. The summed E-state index contributed by atoms with van der Waals surface area (Å²) < 4.78 is 5.69. The number of phenolic OH excluding ortho intramolecular Hbond substituents is 2. The minimum Gasteiger partial charge on any atom is -0.507 e. The molecule has 8 nitrogen and oxygen atoms in total. The number of hydrogen-bond acceptors (Lipinski definition) is 8. The summed E-state index contributed by atoms with van der Waals surface area (Å²) in [4.78, 5) is 38.3. The number of rotatable bonds is 4. The molecule has 1 aliphatic heterocycles. The molecule has 1 heterocycles. The topological polar surface area (TPSA) is 133 Å². The van der Waals surface area contributed by atoms with Gasteiger partial charge in [0.1, 0.15) is 34.0 Å². The Balaban J connectivity index is 2.31. The standard InChI is InChI=1S/C21H23NO7/c1-8(7-23)22-10(3)14-12(25)6-13-21(5,20(14)28)16-18(27)9(2)17(26)15(11(4)24)19(16)29-13/h6,8,22-23,26-27H,7H2,1-5H3/b14-10+/t8?,21-/m0/s1. The predicted octanol–water partition coefficient (Wildman–Crippen LogP) is 1.54. The second-order valence-corrected chi connectivity index (χ2v) is 7.61. The van der Waals surface area contributed by atoms with Gasteiger partial charge in [-0.1, -0.05) is 0 Å². The van der Waals surface area contributed by atoms with Crippen LogP contribution in [0.15, 0.2) is 23.1 Å². The van der Waals surface area contributed by atoms with Crippen LogP contribution in [0, 0.1) is 6.92 Å². The lowest BCUT2D eigenvalue weighted by atomic mass is 9.70. The zero-order valence-corrected chi connectivity index (χ0v) is 16.8. The van der Waals surface area contributed by atoms with E-state index in [1.807, 2.05) is 0 Å². The molecule has 0 radical (unpaired) electrons. The maximum atomic E-state index is 13.5. The van der Waals surface area contributed by atoms with Crippen LogP contribution in [0.3, 0.4) is 0 Å². The Kier molecular flexibility index (Phi) is 4.78. The highest BCUT2D eigenvalue weighted by molar-refractivity contribution is 6.31. The van der Waals surface area contributed by atoms with Gasteiger partial charge in [0.2, 0.25) is 0 Å². The number of nitrogens with one attached hydrogen (secondary N) is 1. The highest BCUT2D eigenvalue weighted by atomic mass is 16.5. The Morgan fingerprint density at radius 2 is 1.86 bits per heavy atom. The average Bonchev–Trinajstić information content (AvgIpc) is 2.93. The molecule has 1 aromatic carbocycles. The van der Waals surface area contributed by atoms with Gasteiger partial charge in [0.25, 0.3) is 0 Å². The fourth-order valence-electron chi connectivity index (χ4n) is 3.85. The maximum absolute atomic E-state index is 13.5. The Hall–Kier alpha value is -3.13. The van der Waals surface area contributed by atoms with Gasteiger partial charge >= 0.3 is 0 Å². The number of allylic oxidation sites excluding steroid dienone is 4. The van der Waals surface area contributed by atoms with Crippen molar-refractivity contribution in [2.24, 2.45) is 0 Å². The summed E-state index contributed by atoms with van der Waals surface area (Å²) in [5.74, 6) is -2.64. The van der Waals surface area contributed by atoms with Gasteiger partial charge in [-0.3, -0.25) is 14.4 Å². The van der Waals surface area contributed by atoms with Gasteiger partial charge in [-0.25, -0.2) is 0 Å². The molecule has 8 heteroatoms. The van der Waals surface area contributed by atoms with Crippen LogP contribution in [0.1, 0.15) is 49.2 Å². The smallest absolute Gasteiger partial charge is 0.194 e. The van der Waals surface area contributed by atoms with E-state index in [0.29, 0.717) is 0 Å². The van der Waals surface area contributed by atoms with Gasteiger partial charge in [0, 0.05) is 23.4 Å². The zero-order valence-electron chi connectivity index (χ0n) is 16.8. The summed E-state index contributed by atoms with van der Waals surface area (Å²) in [5.41, 5.74) is -1.45. The summed E-state index contributed by atoms with van der Waals surface area (Å²) >= 11 is 0. The molecular weight excluding hydrogens is 378 g/mol. The minimum atomic E-state index is -1.54. The van der Waals surface area contributed by atoms with Crippen molar-refractivity contribution >= 4 is 17.3 Å². The number of aliphatic hydroxyl groups is 1. The summed E-state index contributed by atoms with van der Waals surface area (Å²) in [6.45, 7) is 7.21. The van der Waals surface area contributed by atoms with Gasteiger partial charge in [-0.2, -0.15) is 0 Å². The number of ketones is 3. The van der Waals surface area contributed by atoms with E-state index < -0.39 is 28.5 Å². The van der Waals surface area contributed by atoms with Crippen molar-refractivity contribution in [3.05, 3.63) is 39.8 Å². The number of Topliss-reactive ketones (excluding diaryl/α,β-unsaturated/α-hetero) is 2. The first-order chi connectivity index (χ1) is 13.5. The van der Waals surface area contributed by atoms with Crippen molar-refractivity contribution in [1.29, 1.82) is 0 Å². The molecule has 0 saturated carbocycles. The number of phenols is 2. The molecule has 1 aliphatic carbocycles. The van der Waals surface area contributed by atoms with Crippen LogP contribution in [0.25, 0.3) is 0 Å². The van der Waals surface area contributed by atoms with Gasteiger partial charge < -0.3 is 25.4 Å². The lowest BCUT2D eigenvalue weighted by Gasteiger charge is -2.29. The Bertz CT molecular complexity index is 1030. The van der Waals surface area contributed by atoms with Gasteiger partial charge in [-0.05, 0) is 34.6 Å². The molecule has 2 atom stereocenters. The number of benzene rings is 1. The Morgan fingerprint density at radius 3 is 2.41 bits per heavy atom. The van der Waals surface area contributed by atoms with Crippen LogP contribution in [0.4, 0.5) is 0 Å². The molecule has 154 valence electrons. The highest BCUT2D eigenvalue weighted by Crippen LogP contribution is 2.57. The normalized spacial score (nSPS) is 23.0. The van der Waals surface area contributed by atoms with Crippen molar-refractivity contribution in [3.63, 3.8) is 0 Å². The molecule has 0 saturated heterocycles. The van der Waals surface area contributed by atoms with E-state index in [1.165, 1.54) is 20.8 Å². The molecular formula is C21H23NO7. The van der Waals surface area contributed by atoms with E-state index in [0.717, 1.165) is 6.08 Å². The lowest BCUT2D eigenvalue weighted by molar-refractivity contribution is -0.123. The van der Waals surface area contributed by atoms with Crippen LogP contribution in [-0.4, -0.2) is 45.3 Å². The summed E-state index contributed by atoms with van der Waals surface area (Å²) in [6, 6.07) is -0.384. The van der Waals surface area contributed by atoms with Crippen LogP contribution < -0.4 is 10.1 Å². The van der Waals surface area contributed by atoms with Crippen LogP contribution in [0.5, 0.6) is 17.2 Å². The summed E-state index contributed by atoms with van der Waals surface area (Å²) in [7, 11) is 0. The molecule has 0 spiro atoms. The number of aromatic hydroxyl groups is 2. The van der Waals surface area contributed by atoms with Crippen LogP contribution in [-0.2, 0) is 15.0 Å². The first kappa shape index (κ1) is 20.6.